The zero-order chi connectivity index (χ0) is 17.4. The molecule has 126 valence electrons. The molecule has 0 heterocycles. The van der Waals surface area contributed by atoms with Crippen LogP contribution in [-0.2, 0) is 6.42 Å². The van der Waals surface area contributed by atoms with Crippen molar-refractivity contribution in [1.82, 2.24) is 10.6 Å². The molecule has 2 N–H and O–H groups in total. The minimum absolute atomic E-state index is 0.361. The highest BCUT2D eigenvalue weighted by molar-refractivity contribution is 6.04. The Labute approximate surface area is 140 Å². The molecule has 0 spiro atoms. The van der Waals surface area contributed by atoms with Crippen LogP contribution in [0.15, 0.2) is 48.5 Å². The largest absolute Gasteiger partial charge is 0.497 e. The van der Waals surface area contributed by atoms with E-state index in [0.717, 1.165) is 11.3 Å². The molecule has 0 fully saturated rings. The number of amides is 3. The van der Waals surface area contributed by atoms with Gasteiger partial charge in [0.1, 0.15) is 11.5 Å². The zero-order valence-corrected chi connectivity index (χ0v) is 13.7. The molecule has 0 atom stereocenters. The monoisotopic (exact) mass is 328 g/mol. The summed E-state index contributed by atoms with van der Waals surface area (Å²) in [6.07, 6.45) is 0.658. The van der Waals surface area contributed by atoms with E-state index in [1.807, 2.05) is 24.3 Å². The standard InChI is InChI=1S/C18H20N2O4/c1-23-15-8-6-13(7-9-15)10-11-19-18(22)20-17(21)14-4-3-5-16(12-14)24-2/h3-9,12H,10-11H2,1-2H3,(H2,19,20,21,22). The summed E-state index contributed by atoms with van der Waals surface area (Å²) in [6.45, 7) is 0.420. The molecular weight excluding hydrogens is 308 g/mol. The van der Waals surface area contributed by atoms with Crippen LogP contribution in [0.3, 0.4) is 0 Å². The average Bonchev–Trinajstić information content (AvgIpc) is 2.62. The van der Waals surface area contributed by atoms with Gasteiger partial charge in [-0.25, -0.2) is 4.79 Å². The van der Waals surface area contributed by atoms with E-state index in [1.165, 1.54) is 7.11 Å². The van der Waals surface area contributed by atoms with Gasteiger partial charge in [-0.3, -0.25) is 10.1 Å². The van der Waals surface area contributed by atoms with E-state index in [9.17, 15) is 9.59 Å². The van der Waals surface area contributed by atoms with Gasteiger partial charge in [-0.1, -0.05) is 18.2 Å². The Morgan fingerprint density at radius 3 is 2.33 bits per heavy atom. The molecule has 6 heteroatoms. The first-order chi connectivity index (χ1) is 11.6. The maximum Gasteiger partial charge on any atom is 0.321 e. The Morgan fingerprint density at radius 1 is 0.958 bits per heavy atom. The van der Waals surface area contributed by atoms with Gasteiger partial charge in [0.15, 0.2) is 0 Å². The van der Waals surface area contributed by atoms with Crippen LogP contribution < -0.4 is 20.1 Å². The maximum atomic E-state index is 12.0. The lowest BCUT2D eigenvalue weighted by Gasteiger charge is -2.08. The van der Waals surface area contributed by atoms with E-state index >= 15 is 0 Å². The van der Waals surface area contributed by atoms with Crippen molar-refractivity contribution in [3.05, 3.63) is 59.7 Å². The summed E-state index contributed by atoms with van der Waals surface area (Å²) < 4.78 is 10.1. The average molecular weight is 328 g/mol. The number of hydrogen-bond acceptors (Lipinski definition) is 4. The van der Waals surface area contributed by atoms with Crippen molar-refractivity contribution < 1.29 is 19.1 Å². The molecule has 0 bridgehead atoms. The fourth-order valence-corrected chi connectivity index (χ4v) is 2.10. The van der Waals surface area contributed by atoms with E-state index < -0.39 is 11.9 Å². The van der Waals surface area contributed by atoms with Crippen LogP contribution in [0.2, 0.25) is 0 Å². The van der Waals surface area contributed by atoms with E-state index in [0.29, 0.717) is 24.3 Å². The quantitative estimate of drug-likeness (QED) is 0.853. The first kappa shape index (κ1) is 17.3. The van der Waals surface area contributed by atoms with Gasteiger partial charge in [0.2, 0.25) is 0 Å². The third-order valence-corrected chi connectivity index (χ3v) is 3.42. The van der Waals surface area contributed by atoms with Crippen LogP contribution in [0.1, 0.15) is 15.9 Å². The molecule has 0 saturated heterocycles. The lowest BCUT2D eigenvalue weighted by Crippen LogP contribution is -2.40. The lowest BCUT2D eigenvalue weighted by molar-refractivity contribution is 0.0963. The van der Waals surface area contributed by atoms with Crippen molar-refractivity contribution in [2.75, 3.05) is 20.8 Å². The second-order valence-corrected chi connectivity index (χ2v) is 5.04. The van der Waals surface area contributed by atoms with Gasteiger partial charge in [0.25, 0.3) is 5.91 Å². The van der Waals surface area contributed by atoms with Gasteiger partial charge in [0.05, 0.1) is 14.2 Å². The second-order valence-electron chi connectivity index (χ2n) is 5.04. The number of rotatable bonds is 6. The summed E-state index contributed by atoms with van der Waals surface area (Å²) in [4.78, 5) is 23.8. The number of methoxy groups -OCH3 is 2. The van der Waals surface area contributed by atoms with Crippen molar-refractivity contribution in [1.29, 1.82) is 0 Å². The number of nitrogens with one attached hydrogen (secondary N) is 2. The molecular formula is C18H20N2O4. The minimum atomic E-state index is -0.531. The molecule has 0 aliphatic carbocycles. The summed E-state index contributed by atoms with van der Waals surface area (Å²) in [7, 11) is 3.13. The first-order valence-electron chi connectivity index (χ1n) is 7.48. The number of benzene rings is 2. The molecule has 2 rings (SSSR count). The van der Waals surface area contributed by atoms with Crippen LogP contribution in [-0.4, -0.2) is 32.7 Å². The highest BCUT2D eigenvalue weighted by Crippen LogP contribution is 2.12. The third-order valence-electron chi connectivity index (χ3n) is 3.42. The van der Waals surface area contributed by atoms with Crippen molar-refractivity contribution >= 4 is 11.9 Å². The van der Waals surface area contributed by atoms with E-state index in [4.69, 9.17) is 9.47 Å². The molecule has 2 aromatic rings. The highest BCUT2D eigenvalue weighted by atomic mass is 16.5. The minimum Gasteiger partial charge on any atom is -0.497 e. The normalized spacial score (nSPS) is 9.92. The molecule has 24 heavy (non-hydrogen) atoms. The molecule has 2 aromatic carbocycles. The van der Waals surface area contributed by atoms with Crippen LogP contribution in [0.4, 0.5) is 4.79 Å². The van der Waals surface area contributed by atoms with Crippen molar-refractivity contribution in [3.63, 3.8) is 0 Å². The number of imide groups is 1. The summed E-state index contributed by atoms with van der Waals surface area (Å²) in [5, 5.41) is 4.94. The maximum absolute atomic E-state index is 12.0. The zero-order valence-electron chi connectivity index (χ0n) is 13.7. The molecule has 0 aliphatic heterocycles. The van der Waals surface area contributed by atoms with Gasteiger partial charge in [0, 0.05) is 12.1 Å². The fraction of sp³-hybridized carbons (Fsp3) is 0.222. The number of carbonyl (C=O) groups is 2. The fourth-order valence-electron chi connectivity index (χ4n) is 2.10. The number of urea groups is 1. The summed E-state index contributed by atoms with van der Waals surface area (Å²) >= 11 is 0. The highest BCUT2D eigenvalue weighted by Gasteiger charge is 2.10. The SMILES string of the molecule is COc1ccc(CCNC(=O)NC(=O)c2cccc(OC)c2)cc1. The summed E-state index contributed by atoms with van der Waals surface area (Å²) in [5.74, 6) is 0.867. The number of hydrogen-bond donors (Lipinski definition) is 2. The molecule has 0 radical (unpaired) electrons. The Balaban J connectivity index is 1.78. The molecule has 6 nitrogen and oxygen atoms in total. The molecule has 0 unspecified atom stereocenters. The Kier molecular flexibility index (Phi) is 6.19. The number of carbonyl (C=O) groups excluding carboxylic acids is 2. The molecule has 3 amide bonds. The van der Waals surface area contributed by atoms with Gasteiger partial charge >= 0.3 is 6.03 Å². The molecule has 0 aromatic heterocycles. The first-order valence-corrected chi connectivity index (χ1v) is 7.48. The van der Waals surface area contributed by atoms with Crippen molar-refractivity contribution in [2.45, 2.75) is 6.42 Å². The van der Waals surface area contributed by atoms with Gasteiger partial charge in [-0.15, -0.1) is 0 Å². The van der Waals surface area contributed by atoms with Gasteiger partial charge < -0.3 is 14.8 Å². The molecule has 0 aliphatic rings. The van der Waals surface area contributed by atoms with Crippen LogP contribution >= 0.6 is 0 Å². The predicted molar refractivity (Wildman–Crippen MR) is 90.6 cm³/mol. The Morgan fingerprint density at radius 2 is 1.67 bits per heavy atom. The van der Waals surface area contributed by atoms with Crippen LogP contribution in [0, 0.1) is 0 Å². The Hall–Kier alpha value is -3.02. The smallest absolute Gasteiger partial charge is 0.321 e. The van der Waals surface area contributed by atoms with Gasteiger partial charge in [-0.2, -0.15) is 0 Å². The summed E-state index contributed by atoms with van der Waals surface area (Å²) in [5.41, 5.74) is 1.43. The van der Waals surface area contributed by atoms with Crippen molar-refractivity contribution in [2.24, 2.45) is 0 Å². The second kappa shape index (κ2) is 8.57. The van der Waals surface area contributed by atoms with Crippen LogP contribution in [0.25, 0.3) is 0 Å². The van der Waals surface area contributed by atoms with E-state index in [-0.39, 0.29) is 0 Å². The third kappa shape index (κ3) is 5.01. The van der Waals surface area contributed by atoms with Gasteiger partial charge in [-0.05, 0) is 42.3 Å². The molecule has 0 saturated carbocycles. The Bertz CT molecular complexity index is 698. The predicted octanol–water partition coefficient (Wildman–Crippen LogP) is 2.39. The summed E-state index contributed by atoms with van der Waals surface area (Å²) in [6, 6.07) is 13.7. The van der Waals surface area contributed by atoms with Crippen LogP contribution in [0.5, 0.6) is 11.5 Å². The van der Waals surface area contributed by atoms with E-state index in [2.05, 4.69) is 10.6 Å². The van der Waals surface area contributed by atoms with E-state index in [1.54, 1.807) is 31.4 Å². The number of ether oxygens (including phenoxy) is 2. The lowest BCUT2D eigenvalue weighted by atomic mass is 10.1. The van der Waals surface area contributed by atoms with Crippen molar-refractivity contribution in [3.8, 4) is 11.5 Å². The topological polar surface area (TPSA) is 76.7 Å².